The van der Waals surface area contributed by atoms with Crippen molar-refractivity contribution in [1.82, 2.24) is 19.6 Å². The highest BCUT2D eigenvalue weighted by atomic mass is 16.2. The Labute approximate surface area is 120 Å². The maximum absolute atomic E-state index is 12.4. The van der Waals surface area contributed by atoms with Crippen molar-refractivity contribution >= 4 is 11.7 Å². The van der Waals surface area contributed by atoms with Gasteiger partial charge < -0.3 is 15.5 Å². The first-order valence-corrected chi connectivity index (χ1v) is 7.07. The molecule has 0 spiro atoms. The van der Waals surface area contributed by atoms with Crippen molar-refractivity contribution in [2.24, 2.45) is 0 Å². The second-order valence-corrected chi connectivity index (χ2v) is 6.55. The molecule has 2 N–H and O–H groups in total. The number of aromatic nitrogens is 2. The van der Waals surface area contributed by atoms with Crippen molar-refractivity contribution < 1.29 is 4.79 Å². The molecule has 1 aliphatic rings. The van der Waals surface area contributed by atoms with E-state index < -0.39 is 0 Å². The molecular formula is C14H25N5O. The highest BCUT2D eigenvalue weighted by molar-refractivity contribution is 5.76. The van der Waals surface area contributed by atoms with Crippen LogP contribution >= 0.6 is 0 Å². The quantitative estimate of drug-likeness (QED) is 0.858. The third kappa shape index (κ3) is 3.30. The highest BCUT2D eigenvalue weighted by Crippen LogP contribution is 2.24. The van der Waals surface area contributed by atoms with Crippen molar-refractivity contribution in [1.29, 1.82) is 0 Å². The van der Waals surface area contributed by atoms with Crippen LogP contribution in [0.15, 0.2) is 6.07 Å². The number of amides is 1. The van der Waals surface area contributed by atoms with E-state index >= 15 is 0 Å². The third-order valence-corrected chi connectivity index (χ3v) is 3.71. The van der Waals surface area contributed by atoms with Crippen LogP contribution < -0.4 is 5.73 Å². The first-order chi connectivity index (χ1) is 9.27. The van der Waals surface area contributed by atoms with E-state index in [1.54, 1.807) is 4.68 Å². The Bertz CT molecular complexity index is 480. The van der Waals surface area contributed by atoms with Gasteiger partial charge in [0.2, 0.25) is 5.91 Å². The van der Waals surface area contributed by atoms with E-state index in [0.29, 0.717) is 5.82 Å². The summed E-state index contributed by atoms with van der Waals surface area (Å²) < 4.78 is 1.75. The molecule has 0 atom stereocenters. The summed E-state index contributed by atoms with van der Waals surface area (Å²) in [6, 6.07) is 1.86. The summed E-state index contributed by atoms with van der Waals surface area (Å²) in [6.07, 6.45) is 0. The van der Waals surface area contributed by atoms with Gasteiger partial charge in [-0.15, -0.1) is 0 Å². The summed E-state index contributed by atoms with van der Waals surface area (Å²) in [5, 5.41) is 4.26. The van der Waals surface area contributed by atoms with Gasteiger partial charge in [-0.3, -0.25) is 9.48 Å². The Kier molecular flexibility index (Phi) is 4.04. The fourth-order valence-corrected chi connectivity index (χ4v) is 2.44. The van der Waals surface area contributed by atoms with Gasteiger partial charge in [0.05, 0.1) is 0 Å². The van der Waals surface area contributed by atoms with Crippen LogP contribution in [0.25, 0.3) is 0 Å². The smallest absolute Gasteiger partial charge is 0.244 e. The van der Waals surface area contributed by atoms with Gasteiger partial charge in [0.15, 0.2) is 0 Å². The van der Waals surface area contributed by atoms with E-state index in [9.17, 15) is 4.79 Å². The average molecular weight is 279 g/mol. The van der Waals surface area contributed by atoms with Gasteiger partial charge in [-0.05, 0) is 7.05 Å². The summed E-state index contributed by atoms with van der Waals surface area (Å²) in [6.45, 7) is 10.0. The summed E-state index contributed by atoms with van der Waals surface area (Å²) in [5.74, 6) is 0.591. The Morgan fingerprint density at radius 2 is 1.90 bits per heavy atom. The number of likely N-dealkylation sites (N-methyl/N-ethyl adjacent to an activating group) is 1. The van der Waals surface area contributed by atoms with E-state index in [4.69, 9.17) is 5.73 Å². The molecule has 0 unspecified atom stereocenters. The Hall–Kier alpha value is -1.56. The number of piperazine rings is 1. The molecule has 0 radical (unpaired) electrons. The number of carbonyl (C=O) groups is 1. The average Bonchev–Trinajstić information content (AvgIpc) is 2.71. The molecule has 1 aromatic rings. The normalized spacial score (nSPS) is 17.5. The lowest BCUT2D eigenvalue weighted by Gasteiger charge is -2.32. The van der Waals surface area contributed by atoms with Crippen LogP contribution in [-0.2, 0) is 16.8 Å². The van der Waals surface area contributed by atoms with Gasteiger partial charge >= 0.3 is 0 Å². The Morgan fingerprint density at radius 1 is 1.30 bits per heavy atom. The molecule has 0 saturated carbocycles. The monoisotopic (exact) mass is 279 g/mol. The van der Waals surface area contributed by atoms with E-state index in [1.807, 2.05) is 11.0 Å². The van der Waals surface area contributed by atoms with Crippen LogP contribution in [0, 0.1) is 0 Å². The second kappa shape index (κ2) is 5.44. The lowest BCUT2D eigenvalue weighted by atomic mass is 9.92. The molecule has 2 heterocycles. The van der Waals surface area contributed by atoms with Gasteiger partial charge in [0.1, 0.15) is 12.4 Å². The number of nitrogen functional groups attached to an aromatic ring is 1. The van der Waals surface area contributed by atoms with Gasteiger partial charge in [0, 0.05) is 43.4 Å². The number of rotatable bonds is 2. The number of anilines is 1. The first-order valence-electron chi connectivity index (χ1n) is 7.07. The lowest BCUT2D eigenvalue weighted by Crippen LogP contribution is -2.48. The highest BCUT2D eigenvalue weighted by Gasteiger charge is 2.24. The summed E-state index contributed by atoms with van der Waals surface area (Å²) in [7, 11) is 2.08. The Balaban J connectivity index is 2.08. The van der Waals surface area contributed by atoms with Gasteiger partial charge in [-0.1, -0.05) is 20.8 Å². The molecule has 0 aromatic carbocycles. The van der Waals surface area contributed by atoms with Gasteiger partial charge in [0.25, 0.3) is 0 Å². The summed E-state index contributed by atoms with van der Waals surface area (Å²) >= 11 is 0. The minimum absolute atomic E-state index is 0.0764. The van der Waals surface area contributed by atoms with E-state index in [1.165, 1.54) is 0 Å². The second-order valence-electron chi connectivity index (χ2n) is 6.55. The van der Waals surface area contributed by atoms with E-state index in [-0.39, 0.29) is 17.9 Å². The Morgan fingerprint density at radius 3 is 2.45 bits per heavy atom. The first kappa shape index (κ1) is 14.8. The number of hydrogen-bond acceptors (Lipinski definition) is 4. The standard InChI is InChI=1S/C14H25N5O/c1-14(2,3)11-9-12(15)16-19(11)10-13(20)18-7-5-17(4)6-8-18/h9H,5-8,10H2,1-4H3,(H2,15,16). The van der Waals surface area contributed by atoms with Crippen molar-refractivity contribution in [3.8, 4) is 0 Å². The molecule has 1 fully saturated rings. The maximum atomic E-state index is 12.4. The number of hydrogen-bond donors (Lipinski definition) is 1. The molecule has 1 saturated heterocycles. The van der Waals surface area contributed by atoms with E-state index in [0.717, 1.165) is 31.9 Å². The lowest BCUT2D eigenvalue weighted by molar-refractivity contribution is -0.133. The molecule has 1 aromatic heterocycles. The molecule has 20 heavy (non-hydrogen) atoms. The molecule has 0 aliphatic carbocycles. The number of nitrogens with zero attached hydrogens (tertiary/aromatic N) is 4. The number of nitrogens with two attached hydrogens (primary N) is 1. The topological polar surface area (TPSA) is 67.4 Å². The number of carbonyl (C=O) groups excluding carboxylic acids is 1. The molecule has 1 aliphatic heterocycles. The maximum Gasteiger partial charge on any atom is 0.244 e. The fourth-order valence-electron chi connectivity index (χ4n) is 2.44. The SMILES string of the molecule is CN1CCN(C(=O)Cn2nc(N)cc2C(C)(C)C)CC1. The predicted octanol–water partition coefficient (Wildman–Crippen LogP) is 0.537. The zero-order valence-electron chi connectivity index (χ0n) is 12.9. The zero-order valence-corrected chi connectivity index (χ0v) is 12.9. The zero-order chi connectivity index (χ0) is 14.9. The molecule has 6 heteroatoms. The molecule has 2 rings (SSSR count). The van der Waals surface area contributed by atoms with Crippen LogP contribution in [0.1, 0.15) is 26.5 Å². The largest absolute Gasteiger partial charge is 0.382 e. The van der Waals surface area contributed by atoms with Gasteiger partial charge in [-0.25, -0.2) is 0 Å². The van der Waals surface area contributed by atoms with Crippen LogP contribution in [-0.4, -0.2) is 58.7 Å². The molecular weight excluding hydrogens is 254 g/mol. The van der Waals surface area contributed by atoms with Crippen molar-refractivity contribution in [3.05, 3.63) is 11.8 Å². The molecule has 0 bridgehead atoms. The summed E-state index contributed by atoms with van der Waals surface area (Å²) in [5.41, 5.74) is 6.71. The van der Waals surface area contributed by atoms with Crippen molar-refractivity contribution in [2.75, 3.05) is 39.0 Å². The predicted molar refractivity (Wildman–Crippen MR) is 79.4 cm³/mol. The van der Waals surface area contributed by atoms with Crippen molar-refractivity contribution in [2.45, 2.75) is 32.7 Å². The molecule has 1 amide bonds. The summed E-state index contributed by atoms with van der Waals surface area (Å²) in [4.78, 5) is 16.5. The van der Waals surface area contributed by atoms with Crippen LogP contribution in [0.4, 0.5) is 5.82 Å². The van der Waals surface area contributed by atoms with Crippen LogP contribution in [0.2, 0.25) is 0 Å². The van der Waals surface area contributed by atoms with Crippen LogP contribution in [0.3, 0.4) is 0 Å². The third-order valence-electron chi connectivity index (χ3n) is 3.71. The van der Waals surface area contributed by atoms with Gasteiger partial charge in [-0.2, -0.15) is 5.10 Å². The fraction of sp³-hybridized carbons (Fsp3) is 0.714. The van der Waals surface area contributed by atoms with E-state index in [2.05, 4.69) is 37.8 Å². The van der Waals surface area contributed by atoms with Crippen LogP contribution in [0.5, 0.6) is 0 Å². The van der Waals surface area contributed by atoms with Crippen molar-refractivity contribution in [3.63, 3.8) is 0 Å². The molecule has 6 nitrogen and oxygen atoms in total. The minimum Gasteiger partial charge on any atom is -0.382 e. The molecule has 112 valence electrons. The minimum atomic E-state index is -0.0764.